The van der Waals surface area contributed by atoms with Crippen molar-refractivity contribution < 1.29 is 4.74 Å². The van der Waals surface area contributed by atoms with Crippen LogP contribution in [0.2, 0.25) is 0 Å². The first-order valence-electron chi connectivity index (χ1n) is 7.81. The molecule has 1 aromatic carbocycles. The van der Waals surface area contributed by atoms with Crippen molar-refractivity contribution in [3.63, 3.8) is 0 Å². The lowest BCUT2D eigenvalue weighted by Gasteiger charge is -2.39. The lowest BCUT2D eigenvalue weighted by atomic mass is 9.96. The van der Waals surface area contributed by atoms with Gasteiger partial charge in [0.1, 0.15) is 0 Å². The van der Waals surface area contributed by atoms with Crippen molar-refractivity contribution in [2.24, 2.45) is 11.7 Å². The molecule has 3 atom stereocenters. The lowest BCUT2D eigenvalue weighted by Crippen LogP contribution is -2.46. The summed E-state index contributed by atoms with van der Waals surface area (Å²) in [4.78, 5) is 2.53. The normalized spacial score (nSPS) is 19.5. The molecule has 0 amide bonds. The number of rotatable bonds is 8. The molecule has 1 fully saturated rings. The molecule has 118 valence electrons. The molecule has 1 saturated carbocycles. The van der Waals surface area contributed by atoms with Gasteiger partial charge in [0.15, 0.2) is 0 Å². The minimum atomic E-state index is 0.0711. The molecule has 3 unspecified atom stereocenters. The van der Waals surface area contributed by atoms with Crippen LogP contribution in [0.15, 0.2) is 28.7 Å². The Kier molecular flexibility index (Phi) is 6.23. The summed E-state index contributed by atoms with van der Waals surface area (Å²) in [7, 11) is 1.76. The van der Waals surface area contributed by atoms with Crippen molar-refractivity contribution >= 4 is 15.9 Å². The van der Waals surface area contributed by atoms with Crippen LogP contribution < -0.4 is 5.73 Å². The minimum absolute atomic E-state index is 0.0711. The highest BCUT2D eigenvalue weighted by atomic mass is 79.9. The van der Waals surface area contributed by atoms with Gasteiger partial charge in [0, 0.05) is 30.2 Å². The Hall–Kier alpha value is -0.420. The SMILES string of the molecule is COCCN(C(C)C1CC1)C(c1ccccc1Br)C(C)N. The summed E-state index contributed by atoms with van der Waals surface area (Å²) in [6.07, 6.45) is 2.68. The van der Waals surface area contributed by atoms with Crippen LogP contribution in [0, 0.1) is 5.92 Å². The van der Waals surface area contributed by atoms with E-state index in [1.807, 2.05) is 0 Å². The molecule has 2 N–H and O–H groups in total. The molecule has 21 heavy (non-hydrogen) atoms. The average Bonchev–Trinajstić information content (AvgIpc) is 3.28. The molecule has 1 aromatic rings. The molecule has 1 aliphatic rings. The summed E-state index contributed by atoms with van der Waals surface area (Å²) in [6.45, 7) is 6.09. The number of ether oxygens (including phenoxy) is 1. The molecular weight excluding hydrogens is 328 g/mol. The van der Waals surface area contributed by atoms with E-state index >= 15 is 0 Å². The highest BCUT2D eigenvalue weighted by Crippen LogP contribution is 2.39. The van der Waals surface area contributed by atoms with Gasteiger partial charge < -0.3 is 10.5 Å². The van der Waals surface area contributed by atoms with Gasteiger partial charge in [0.2, 0.25) is 0 Å². The second-order valence-electron chi connectivity index (χ2n) is 6.13. The molecule has 0 spiro atoms. The van der Waals surface area contributed by atoms with Gasteiger partial charge in [-0.05, 0) is 44.2 Å². The maximum absolute atomic E-state index is 6.37. The largest absolute Gasteiger partial charge is 0.383 e. The van der Waals surface area contributed by atoms with Crippen molar-refractivity contribution in [1.82, 2.24) is 4.90 Å². The van der Waals surface area contributed by atoms with Crippen LogP contribution in [0.25, 0.3) is 0 Å². The first-order valence-corrected chi connectivity index (χ1v) is 8.60. The van der Waals surface area contributed by atoms with E-state index in [4.69, 9.17) is 10.5 Å². The summed E-state index contributed by atoms with van der Waals surface area (Å²) in [5, 5.41) is 0. The van der Waals surface area contributed by atoms with E-state index in [0.29, 0.717) is 6.04 Å². The second-order valence-corrected chi connectivity index (χ2v) is 6.99. The third-order valence-corrected chi connectivity index (χ3v) is 5.18. The Labute approximate surface area is 137 Å². The topological polar surface area (TPSA) is 38.5 Å². The lowest BCUT2D eigenvalue weighted by molar-refractivity contribution is 0.0716. The Balaban J connectivity index is 2.29. The van der Waals surface area contributed by atoms with Gasteiger partial charge in [-0.25, -0.2) is 0 Å². The average molecular weight is 355 g/mol. The van der Waals surface area contributed by atoms with E-state index in [1.54, 1.807) is 7.11 Å². The fourth-order valence-electron chi connectivity index (χ4n) is 3.12. The van der Waals surface area contributed by atoms with Crippen LogP contribution in [0.5, 0.6) is 0 Å². The van der Waals surface area contributed by atoms with Gasteiger partial charge in [0.05, 0.1) is 12.6 Å². The van der Waals surface area contributed by atoms with Crippen LogP contribution in [-0.2, 0) is 4.74 Å². The molecule has 0 heterocycles. The Morgan fingerprint density at radius 3 is 2.52 bits per heavy atom. The van der Waals surface area contributed by atoms with Crippen molar-refractivity contribution in [2.45, 2.75) is 44.8 Å². The zero-order valence-corrected chi connectivity index (χ0v) is 14.8. The molecule has 2 rings (SSSR count). The monoisotopic (exact) mass is 354 g/mol. The van der Waals surface area contributed by atoms with Crippen LogP contribution in [0.4, 0.5) is 0 Å². The van der Waals surface area contributed by atoms with Crippen molar-refractivity contribution in [1.29, 1.82) is 0 Å². The van der Waals surface area contributed by atoms with Crippen molar-refractivity contribution in [3.8, 4) is 0 Å². The van der Waals surface area contributed by atoms with Gasteiger partial charge in [-0.15, -0.1) is 0 Å². The fourth-order valence-corrected chi connectivity index (χ4v) is 3.64. The van der Waals surface area contributed by atoms with E-state index in [-0.39, 0.29) is 12.1 Å². The standard InChI is InChI=1S/C17H27BrN2O/c1-12(19)17(15-6-4-5-7-16(15)18)20(10-11-21-3)13(2)14-8-9-14/h4-7,12-14,17H,8-11,19H2,1-3H3. The predicted molar refractivity (Wildman–Crippen MR) is 91.3 cm³/mol. The third kappa shape index (κ3) is 4.28. The van der Waals surface area contributed by atoms with Crippen molar-refractivity contribution in [2.75, 3.05) is 20.3 Å². The summed E-state index contributed by atoms with van der Waals surface area (Å²) < 4.78 is 6.46. The molecule has 0 saturated heterocycles. The second kappa shape index (κ2) is 7.73. The quantitative estimate of drug-likeness (QED) is 0.775. The predicted octanol–water partition coefficient (Wildman–Crippen LogP) is 3.58. The number of hydrogen-bond donors (Lipinski definition) is 1. The first-order chi connectivity index (χ1) is 10.1. The molecule has 0 radical (unpaired) electrons. The first kappa shape index (κ1) is 16.9. The van der Waals surface area contributed by atoms with E-state index in [1.165, 1.54) is 18.4 Å². The smallest absolute Gasteiger partial charge is 0.0590 e. The third-order valence-electron chi connectivity index (χ3n) is 4.46. The van der Waals surface area contributed by atoms with Crippen LogP contribution in [-0.4, -0.2) is 37.2 Å². The van der Waals surface area contributed by atoms with E-state index < -0.39 is 0 Å². The van der Waals surface area contributed by atoms with Crippen LogP contribution in [0.3, 0.4) is 0 Å². The molecule has 4 heteroatoms. The van der Waals surface area contributed by atoms with Gasteiger partial charge in [-0.2, -0.15) is 0 Å². The highest BCUT2D eigenvalue weighted by molar-refractivity contribution is 9.10. The van der Waals surface area contributed by atoms with Crippen LogP contribution >= 0.6 is 15.9 Å². The zero-order valence-electron chi connectivity index (χ0n) is 13.3. The summed E-state index contributed by atoms with van der Waals surface area (Å²) in [6, 6.07) is 9.25. The highest BCUT2D eigenvalue weighted by Gasteiger charge is 2.37. The number of nitrogens with zero attached hydrogens (tertiary/aromatic N) is 1. The Bertz CT molecular complexity index is 448. The van der Waals surface area contributed by atoms with E-state index in [9.17, 15) is 0 Å². The van der Waals surface area contributed by atoms with Gasteiger partial charge in [-0.1, -0.05) is 34.1 Å². The van der Waals surface area contributed by atoms with Crippen molar-refractivity contribution in [3.05, 3.63) is 34.3 Å². The number of benzene rings is 1. The molecule has 0 bridgehead atoms. The number of hydrogen-bond acceptors (Lipinski definition) is 3. The van der Waals surface area contributed by atoms with E-state index in [2.05, 4.69) is 58.9 Å². The van der Waals surface area contributed by atoms with Gasteiger partial charge in [0.25, 0.3) is 0 Å². The van der Waals surface area contributed by atoms with Gasteiger partial charge in [-0.3, -0.25) is 4.90 Å². The molecular formula is C17H27BrN2O. The maximum atomic E-state index is 6.37. The Morgan fingerprint density at radius 1 is 1.33 bits per heavy atom. The summed E-state index contributed by atoms with van der Waals surface area (Å²) in [5.74, 6) is 0.811. The summed E-state index contributed by atoms with van der Waals surface area (Å²) in [5.41, 5.74) is 7.64. The fraction of sp³-hybridized carbons (Fsp3) is 0.647. The van der Waals surface area contributed by atoms with Crippen LogP contribution in [0.1, 0.15) is 38.3 Å². The maximum Gasteiger partial charge on any atom is 0.0590 e. The van der Waals surface area contributed by atoms with E-state index in [0.717, 1.165) is 23.5 Å². The molecule has 0 aromatic heterocycles. The zero-order chi connectivity index (χ0) is 15.4. The summed E-state index contributed by atoms with van der Waals surface area (Å²) >= 11 is 3.69. The molecule has 3 nitrogen and oxygen atoms in total. The number of halogens is 1. The minimum Gasteiger partial charge on any atom is -0.383 e. The molecule has 1 aliphatic carbocycles. The van der Waals surface area contributed by atoms with Gasteiger partial charge >= 0.3 is 0 Å². The number of nitrogens with two attached hydrogens (primary N) is 1. The number of methoxy groups -OCH3 is 1. The Morgan fingerprint density at radius 2 is 2.00 bits per heavy atom. The molecule has 0 aliphatic heterocycles.